The van der Waals surface area contributed by atoms with Gasteiger partial charge >= 0.3 is 0 Å². The van der Waals surface area contributed by atoms with Crippen molar-refractivity contribution in [2.24, 2.45) is 28.6 Å². The van der Waals surface area contributed by atoms with Gasteiger partial charge in [-0.25, -0.2) is 0 Å². The van der Waals surface area contributed by atoms with Crippen molar-refractivity contribution in [2.75, 3.05) is 0 Å². The van der Waals surface area contributed by atoms with E-state index in [0.29, 0.717) is 41.4 Å². The number of rotatable bonds is 6. The van der Waals surface area contributed by atoms with Crippen LogP contribution in [0.25, 0.3) is 5.69 Å². The second kappa shape index (κ2) is 9.56. The van der Waals surface area contributed by atoms with Crippen LogP contribution < -0.4 is 19.7 Å². The molecule has 212 valence electrons. The zero-order valence-electron chi connectivity index (χ0n) is 24.5. The molecule has 2 heterocycles. The second-order valence-corrected chi connectivity index (χ2v) is 12.9. The minimum Gasteiger partial charge on any atom is -0.486 e. The summed E-state index contributed by atoms with van der Waals surface area (Å²) in [7, 11) is 0. The lowest BCUT2D eigenvalue weighted by Gasteiger charge is -2.65. The molecule has 0 bridgehead atoms. The molecule has 2 aromatic carbocycles. The number of para-hydroxylation sites is 1. The highest BCUT2D eigenvalue weighted by atomic mass is 16.7. The van der Waals surface area contributed by atoms with E-state index in [9.17, 15) is 4.79 Å². The predicted octanol–water partition coefficient (Wildman–Crippen LogP) is 5.07. The summed E-state index contributed by atoms with van der Waals surface area (Å²) in [5.74, 6) is 2.57. The summed E-state index contributed by atoms with van der Waals surface area (Å²) in [5.41, 5.74) is 1.98. The Kier molecular flexibility index (Phi) is 6.39. The number of carbonyl (C=O) groups excluding carboxylic acids is 1. The van der Waals surface area contributed by atoms with Crippen LogP contribution in [-0.4, -0.2) is 32.1 Å². The summed E-state index contributed by atoms with van der Waals surface area (Å²) in [6, 6.07) is 13.2. The van der Waals surface area contributed by atoms with E-state index in [1.165, 1.54) is 16.2 Å². The number of amides is 1. The van der Waals surface area contributed by atoms with E-state index in [-0.39, 0.29) is 22.3 Å². The van der Waals surface area contributed by atoms with Crippen molar-refractivity contribution in [1.82, 2.24) is 25.9 Å². The van der Waals surface area contributed by atoms with Gasteiger partial charge in [-0.05, 0) is 67.6 Å². The van der Waals surface area contributed by atoms with Crippen molar-refractivity contribution in [3.63, 3.8) is 0 Å². The van der Waals surface area contributed by atoms with Gasteiger partial charge in [-0.15, -0.1) is 0 Å². The first-order valence-electron chi connectivity index (χ1n) is 14.7. The third-order valence-electron chi connectivity index (χ3n) is 11.1. The third kappa shape index (κ3) is 3.91. The van der Waals surface area contributed by atoms with Gasteiger partial charge in [0, 0.05) is 34.3 Å². The summed E-state index contributed by atoms with van der Waals surface area (Å²) in [6.07, 6.45) is 5.50. The van der Waals surface area contributed by atoms with E-state index < -0.39 is 0 Å². The Morgan fingerprint density at radius 2 is 1.85 bits per heavy atom. The van der Waals surface area contributed by atoms with Gasteiger partial charge < -0.3 is 14.9 Å². The van der Waals surface area contributed by atoms with Crippen molar-refractivity contribution in [1.29, 1.82) is 0 Å². The van der Waals surface area contributed by atoms with Crippen LogP contribution >= 0.6 is 0 Å². The van der Waals surface area contributed by atoms with Gasteiger partial charge in [-0.1, -0.05) is 59.7 Å². The fraction of sp³-hybridized carbons (Fsp3) is 0.581. The normalized spacial score (nSPS) is 30.8. The Morgan fingerprint density at radius 1 is 1.07 bits per heavy atom. The van der Waals surface area contributed by atoms with Gasteiger partial charge in [0.1, 0.15) is 16.6 Å². The quantitative estimate of drug-likeness (QED) is 0.435. The minimum atomic E-state index is -0.355. The van der Waals surface area contributed by atoms with Crippen LogP contribution in [0.1, 0.15) is 89.6 Å². The van der Waals surface area contributed by atoms with Gasteiger partial charge in [0.2, 0.25) is 10.4 Å². The molecule has 2 aliphatic carbocycles. The first kappa shape index (κ1) is 26.7. The van der Waals surface area contributed by atoms with Crippen molar-refractivity contribution < 1.29 is 19.2 Å². The number of hydrogen-bond donors (Lipinski definition) is 1. The van der Waals surface area contributed by atoms with Gasteiger partial charge in [0.15, 0.2) is 16.4 Å². The predicted molar refractivity (Wildman–Crippen MR) is 149 cm³/mol. The standard InChI is InChI=1S/C31H40N6O3/c1-7-30(6)21(3)13-14-27-29(4,5)20(2)15-16-31(27,30)39-26-18-23(17-24-25(26)19-32-28(24)38)40-37-35-33-34-36(37)22-11-9-8-10-12-22/h8-12,17-18,20-21,27H,7,13-16,19H2,1-6H3/p+1. The maximum Gasteiger partial charge on any atom is 0.252 e. The average Bonchev–Trinajstić information content (AvgIpc) is 3.56. The molecule has 1 N–H and O–H groups in total. The number of hydrogen-bond acceptors (Lipinski definition) is 6. The fourth-order valence-electron chi connectivity index (χ4n) is 7.88. The van der Waals surface area contributed by atoms with Gasteiger partial charge in [-0.3, -0.25) is 4.79 Å². The molecule has 1 aliphatic heterocycles. The zero-order chi connectivity index (χ0) is 28.3. The van der Waals surface area contributed by atoms with E-state index in [1.807, 2.05) is 36.4 Å². The van der Waals surface area contributed by atoms with Crippen LogP contribution in [0, 0.1) is 28.6 Å². The molecule has 5 unspecified atom stereocenters. The number of ether oxygens (including phenoxy) is 1. The smallest absolute Gasteiger partial charge is 0.252 e. The van der Waals surface area contributed by atoms with Crippen LogP contribution in [-0.2, 0) is 6.54 Å². The van der Waals surface area contributed by atoms with E-state index in [4.69, 9.17) is 9.57 Å². The fourth-order valence-corrected chi connectivity index (χ4v) is 7.88. The van der Waals surface area contributed by atoms with Gasteiger partial charge in [0.25, 0.3) is 5.91 Å². The molecular formula is C31H41N6O3+. The molecule has 2 saturated carbocycles. The molecule has 9 heteroatoms. The second-order valence-electron chi connectivity index (χ2n) is 12.9. The summed E-state index contributed by atoms with van der Waals surface area (Å²) in [5, 5.41) is 14.9. The lowest BCUT2D eigenvalue weighted by Crippen LogP contribution is -2.67. The van der Waals surface area contributed by atoms with Crippen molar-refractivity contribution in [3.05, 3.63) is 53.6 Å². The molecule has 9 nitrogen and oxygen atoms in total. The number of nitrogens with one attached hydrogen (secondary N) is 1. The number of benzene rings is 2. The Labute approximate surface area is 236 Å². The van der Waals surface area contributed by atoms with Crippen LogP contribution in [0.15, 0.2) is 42.5 Å². The van der Waals surface area contributed by atoms with Crippen molar-refractivity contribution in [2.45, 2.75) is 85.8 Å². The molecule has 2 fully saturated rings. The van der Waals surface area contributed by atoms with Gasteiger partial charge in [-0.2, -0.15) is 0 Å². The summed E-state index contributed by atoms with van der Waals surface area (Å²) in [4.78, 5) is 21.8. The number of fused-ring (bicyclic) bond motifs is 2. The maximum atomic E-state index is 12.9. The topological polar surface area (TPSA) is 95.0 Å². The molecule has 6 rings (SSSR count). The van der Waals surface area contributed by atoms with Gasteiger partial charge in [0.05, 0.1) is 5.56 Å². The first-order chi connectivity index (χ1) is 19.1. The SMILES string of the molecule is CCC1(C)C(C)CCC2C(C)(C)C(C)CCC21Oc1cc(On2nnn[n+]2-c2ccccc2)cc2c1CNC2=O. The largest absolute Gasteiger partial charge is 0.486 e. The number of nitrogens with zero attached hydrogens (tertiary/aromatic N) is 5. The Hall–Kier alpha value is -3.49. The molecule has 0 spiro atoms. The molecule has 5 atom stereocenters. The molecule has 1 amide bonds. The summed E-state index contributed by atoms with van der Waals surface area (Å²) < 4.78 is 7.43. The molecule has 40 heavy (non-hydrogen) atoms. The maximum absolute atomic E-state index is 12.9. The van der Waals surface area contributed by atoms with E-state index in [2.05, 4.69) is 62.5 Å². The highest BCUT2D eigenvalue weighted by Crippen LogP contribution is 2.65. The highest BCUT2D eigenvalue weighted by molar-refractivity contribution is 5.99. The van der Waals surface area contributed by atoms with Crippen LogP contribution in [0.2, 0.25) is 0 Å². The monoisotopic (exact) mass is 545 g/mol. The molecule has 3 aromatic rings. The summed E-state index contributed by atoms with van der Waals surface area (Å²) >= 11 is 0. The lowest BCUT2D eigenvalue weighted by molar-refractivity contribution is -0.770. The average molecular weight is 546 g/mol. The van der Waals surface area contributed by atoms with Crippen LogP contribution in [0.3, 0.4) is 0 Å². The highest BCUT2D eigenvalue weighted by Gasteiger charge is 2.65. The first-order valence-corrected chi connectivity index (χ1v) is 14.7. The van der Waals surface area contributed by atoms with E-state index >= 15 is 0 Å². The van der Waals surface area contributed by atoms with Crippen LogP contribution in [0.4, 0.5) is 0 Å². The molecule has 0 saturated heterocycles. The molecular weight excluding hydrogens is 504 g/mol. The molecule has 3 aliphatic rings. The Bertz CT molecular complexity index is 1420. The van der Waals surface area contributed by atoms with E-state index in [1.54, 1.807) is 6.07 Å². The molecule has 1 aromatic heterocycles. The minimum absolute atomic E-state index is 0.0146. The lowest BCUT2D eigenvalue weighted by atomic mass is 9.43. The molecule has 0 radical (unpaired) electrons. The zero-order valence-corrected chi connectivity index (χ0v) is 24.5. The van der Waals surface area contributed by atoms with E-state index in [0.717, 1.165) is 36.9 Å². The number of aromatic nitrogens is 5. The number of carbonyl (C=O) groups is 1. The summed E-state index contributed by atoms with van der Waals surface area (Å²) in [6.45, 7) is 14.8. The third-order valence-corrected chi connectivity index (χ3v) is 11.1. The van der Waals surface area contributed by atoms with Crippen LogP contribution in [0.5, 0.6) is 11.5 Å². The van der Waals surface area contributed by atoms with Crippen molar-refractivity contribution in [3.8, 4) is 17.2 Å². The Balaban J connectivity index is 1.45. The van der Waals surface area contributed by atoms with Crippen molar-refractivity contribution >= 4 is 5.91 Å². The Morgan fingerprint density at radius 3 is 2.60 bits per heavy atom.